The Kier molecular flexibility index (Phi) is 6.09. The number of hydrogen-bond donors (Lipinski definition) is 0. The van der Waals surface area contributed by atoms with Crippen LogP contribution in [0.5, 0.6) is 0 Å². The van der Waals surface area contributed by atoms with E-state index < -0.39 is 18.1 Å². The van der Waals surface area contributed by atoms with Crippen molar-refractivity contribution in [2.24, 2.45) is 0 Å². The first-order valence-corrected chi connectivity index (χ1v) is 9.32. The third-order valence-electron chi connectivity index (χ3n) is 4.63. The number of aldehydes is 1. The number of carbonyl (C=O) groups excluding carboxylic acids is 3. The molecule has 0 bridgehead atoms. The number of hydrogen-bond acceptors (Lipinski definition) is 4. The quantitative estimate of drug-likeness (QED) is 0.547. The predicted octanol–water partition coefficient (Wildman–Crippen LogP) is 3.01. The lowest BCUT2D eigenvalue weighted by molar-refractivity contribution is -0.153. The highest BCUT2D eigenvalue weighted by Gasteiger charge is 2.50. The molecule has 2 atom stereocenters. The van der Waals surface area contributed by atoms with E-state index in [0.717, 1.165) is 11.1 Å². The molecule has 146 valence electrons. The first kappa shape index (κ1) is 19.6. The van der Waals surface area contributed by atoms with Crippen LogP contribution in [-0.2, 0) is 27.4 Å². The van der Waals surface area contributed by atoms with Crippen molar-refractivity contribution in [3.8, 4) is 0 Å². The lowest BCUT2D eigenvalue weighted by Crippen LogP contribution is -2.45. The van der Waals surface area contributed by atoms with Crippen LogP contribution in [0.4, 0.5) is 4.79 Å². The van der Waals surface area contributed by atoms with Crippen molar-refractivity contribution >= 4 is 18.3 Å². The van der Waals surface area contributed by atoms with E-state index in [-0.39, 0.29) is 25.2 Å². The van der Waals surface area contributed by atoms with E-state index in [1.807, 2.05) is 60.7 Å². The van der Waals surface area contributed by atoms with E-state index >= 15 is 0 Å². The van der Waals surface area contributed by atoms with Crippen molar-refractivity contribution in [3.63, 3.8) is 0 Å². The highest BCUT2D eigenvalue weighted by molar-refractivity contribution is 5.93. The van der Waals surface area contributed by atoms with Gasteiger partial charge in [-0.1, -0.05) is 60.7 Å². The number of rotatable bonds is 7. The van der Waals surface area contributed by atoms with Gasteiger partial charge in [0, 0.05) is 13.1 Å². The summed E-state index contributed by atoms with van der Waals surface area (Å²) < 4.78 is 5.36. The normalized spacial score (nSPS) is 19.2. The fraction of sp³-hybridized carbons (Fsp3) is 0.318. The molecule has 2 aromatic carbocycles. The van der Waals surface area contributed by atoms with Gasteiger partial charge >= 0.3 is 12.0 Å². The van der Waals surface area contributed by atoms with E-state index in [1.165, 1.54) is 9.80 Å². The summed E-state index contributed by atoms with van der Waals surface area (Å²) in [6, 6.07) is 16.6. The van der Waals surface area contributed by atoms with E-state index in [4.69, 9.17) is 4.74 Å². The van der Waals surface area contributed by atoms with Gasteiger partial charge in [-0.2, -0.15) is 0 Å². The lowest BCUT2D eigenvalue weighted by atomic mass is 10.1. The van der Waals surface area contributed by atoms with Gasteiger partial charge in [0.1, 0.15) is 12.3 Å². The molecule has 28 heavy (non-hydrogen) atoms. The lowest BCUT2D eigenvalue weighted by Gasteiger charge is -2.24. The van der Waals surface area contributed by atoms with Crippen molar-refractivity contribution in [1.82, 2.24) is 9.80 Å². The molecule has 6 heteroatoms. The minimum Gasteiger partial charge on any atom is -0.461 e. The molecule has 0 aromatic heterocycles. The van der Waals surface area contributed by atoms with Crippen LogP contribution in [0.2, 0.25) is 0 Å². The second-order valence-corrected chi connectivity index (χ2v) is 7.07. The van der Waals surface area contributed by atoms with Crippen LogP contribution in [0, 0.1) is 0 Å². The number of ether oxygens (including phenoxy) is 1. The van der Waals surface area contributed by atoms with Gasteiger partial charge in [-0.05, 0) is 25.0 Å². The third-order valence-corrected chi connectivity index (χ3v) is 4.63. The molecule has 6 nitrogen and oxygen atoms in total. The monoisotopic (exact) mass is 380 g/mol. The first-order chi connectivity index (χ1) is 13.5. The van der Waals surface area contributed by atoms with Crippen molar-refractivity contribution in [2.75, 3.05) is 0 Å². The summed E-state index contributed by atoms with van der Waals surface area (Å²) in [5.41, 5.74) is 1.77. The van der Waals surface area contributed by atoms with Gasteiger partial charge in [0.25, 0.3) is 0 Å². The van der Waals surface area contributed by atoms with Crippen molar-refractivity contribution < 1.29 is 19.1 Å². The van der Waals surface area contributed by atoms with E-state index in [1.54, 1.807) is 13.8 Å². The van der Waals surface area contributed by atoms with Crippen LogP contribution < -0.4 is 0 Å². The van der Waals surface area contributed by atoms with Gasteiger partial charge in [-0.15, -0.1) is 0 Å². The number of amides is 2. The predicted molar refractivity (Wildman–Crippen MR) is 104 cm³/mol. The molecule has 2 unspecified atom stereocenters. The van der Waals surface area contributed by atoms with E-state index in [2.05, 4.69) is 0 Å². The Morgan fingerprint density at radius 2 is 1.46 bits per heavy atom. The Morgan fingerprint density at radius 1 is 0.964 bits per heavy atom. The molecule has 0 spiro atoms. The molecule has 0 saturated carbocycles. The van der Waals surface area contributed by atoms with Crippen molar-refractivity contribution in [1.29, 1.82) is 0 Å². The first-order valence-electron chi connectivity index (χ1n) is 9.32. The molecule has 1 saturated heterocycles. The molecule has 0 aliphatic carbocycles. The maximum absolute atomic E-state index is 13.2. The molecule has 1 aliphatic heterocycles. The van der Waals surface area contributed by atoms with Gasteiger partial charge in [0.15, 0.2) is 6.04 Å². The highest BCUT2D eigenvalue weighted by Crippen LogP contribution is 2.27. The van der Waals surface area contributed by atoms with Crippen LogP contribution in [0.3, 0.4) is 0 Å². The molecule has 2 amide bonds. The molecule has 2 aromatic rings. The van der Waals surface area contributed by atoms with Crippen molar-refractivity contribution in [2.45, 2.75) is 45.1 Å². The standard InChI is InChI=1S/C22H24N2O4/c1-16(2)28-21(26)20-19(15-25)23(13-17-9-5-3-6-10-17)22(27)24(20)14-18-11-7-4-8-12-18/h3-12,15-16,19-20H,13-14H2,1-2H3. The number of urea groups is 1. The maximum Gasteiger partial charge on any atom is 0.331 e. The van der Waals surface area contributed by atoms with Crippen LogP contribution in [-0.4, -0.2) is 46.3 Å². The second kappa shape index (κ2) is 8.69. The van der Waals surface area contributed by atoms with Crippen molar-refractivity contribution in [3.05, 3.63) is 71.8 Å². The van der Waals surface area contributed by atoms with Crippen LogP contribution in [0.1, 0.15) is 25.0 Å². The fourth-order valence-electron chi connectivity index (χ4n) is 3.38. The molecule has 1 heterocycles. The molecule has 3 rings (SSSR count). The molecular weight excluding hydrogens is 356 g/mol. The average Bonchev–Trinajstić information content (AvgIpc) is 2.94. The van der Waals surface area contributed by atoms with Gasteiger partial charge in [-0.25, -0.2) is 9.59 Å². The third kappa shape index (κ3) is 4.22. The zero-order valence-electron chi connectivity index (χ0n) is 16.0. The van der Waals surface area contributed by atoms with E-state index in [9.17, 15) is 14.4 Å². The SMILES string of the molecule is CC(C)OC(=O)C1C(C=O)N(Cc2ccccc2)C(=O)N1Cc1ccccc1. The number of benzene rings is 2. The summed E-state index contributed by atoms with van der Waals surface area (Å²) in [7, 11) is 0. The Hall–Kier alpha value is -3.15. The summed E-state index contributed by atoms with van der Waals surface area (Å²) in [6.07, 6.45) is 0.328. The number of nitrogens with zero attached hydrogens (tertiary/aromatic N) is 2. The van der Waals surface area contributed by atoms with E-state index in [0.29, 0.717) is 6.29 Å². The summed E-state index contributed by atoms with van der Waals surface area (Å²) in [4.78, 5) is 40.7. The summed E-state index contributed by atoms with van der Waals surface area (Å²) in [5, 5.41) is 0. The Balaban J connectivity index is 1.92. The maximum atomic E-state index is 13.2. The Morgan fingerprint density at radius 3 is 1.93 bits per heavy atom. The van der Waals surface area contributed by atoms with Crippen LogP contribution >= 0.6 is 0 Å². The fourth-order valence-corrected chi connectivity index (χ4v) is 3.38. The largest absolute Gasteiger partial charge is 0.461 e. The Labute approximate surface area is 164 Å². The number of carbonyl (C=O) groups is 3. The second-order valence-electron chi connectivity index (χ2n) is 7.07. The van der Waals surface area contributed by atoms with Gasteiger partial charge < -0.3 is 19.3 Å². The zero-order chi connectivity index (χ0) is 20.1. The van der Waals surface area contributed by atoms with Gasteiger partial charge in [0.05, 0.1) is 6.10 Å². The topological polar surface area (TPSA) is 66.9 Å². The molecular formula is C22H24N2O4. The van der Waals surface area contributed by atoms with Crippen LogP contribution in [0.25, 0.3) is 0 Å². The minimum absolute atomic E-state index is 0.229. The molecule has 1 aliphatic rings. The highest BCUT2D eigenvalue weighted by atomic mass is 16.5. The molecule has 0 radical (unpaired) electrons. The van der Waals surface area contributed by atoms with Crippen LogP contribution in [0.15, 0.2) is 60.7 Å². The summed E-state index contributed by atoms with van der Waals surface area (Å²) >= 11 is 0. The smallest absolute Gasteiger partial charge is 0.331 e. The minimum atomic E-state index is -0.976. The number of esters is 1. The summed E-state index contributed by atoms with van der Waals surface area (Å²) in [6.45, 7) is 3.97. The Bertz CT molecular complexity index is 823. The zero-order valence-corrected chi connectivity index (χ0v) is 16.0. The summed E-state index contributed by atoms with van der Waals surface area (Å²) in [5.74, 6) is -0.563. The average molecular weight is 380 g/mol. The molecule has 0 N–H and O–H groups in total. The van der Waals surface area contributed by atoms with Gasteiger partial charge in [0.2, 0.25) is 0 Å². The molecule has 1 fully saturated rings. The van der Waals surface area contributed by atoms with Gasteiger partial charge in [-0.3, -0.25) is 0 Å².